The lowest BCUT2D eigenvalue weighted by molar-refractivity contribution is -0.495. The lowest BCUT2D eigenvalue weighted by Crippen LogP contribution is -2.82. The van der Waals surface area contributed by atoms with E-state index in [1.165, 1.54) is 0 Å². The molecule has 46 heteroatoms. The van der Waals surface area contributed by atoms with E-state index in [0.717, 1.165) is 0 Å². The summed E-state index contributed by atoms with van der Waals surface area (Å²) in [5.41, 5.74) is -10.2. The summed E-state index contributed by atoms with van der Waals surface area (Å²) < 4.78 is 572. The lowest BCUT2D eigenvalue weighted by atomic mass is 9.85. The predicted octanol–water partition coefficient (Wildman–Crippen LogP) is 13.2. The Hall–Kier alpha value is -2.84. The summed E-state index contributed by atoms with van der Waals surface area (Å²) in [5, 5.41) is 0. The van der Waals surface area contributed by atoms with E-state index >= 15 is 4.39 Å². The second-order valence-electron chi connectivity index (χ2n) is 11.3. The van der Waals surface area contributed by atoms with Gasteiger partial charge in [-0.1, -0.05) is 0 Å². The van der Waals surface area contributed by atoms with Gasteiger partial charge < -0.3 is 13.3 Å². The van der Waals surface area contributed by atoms with Crippen molar-refractivity contribution in [2.75, 3.05) is 0 Å². The van der Waals surface area contributed by atoms with Crippen molar-refractivity contribution < 1.29 is 198 Å². The minimum absolute atomic E-state index is 0.520. The Balaban J connectivity index is 9.62. The summed E-state index contributed by atoms with van der Waals surface area (Å²) in [6.07, 6.45) is -65.0. The zero-order valence-electron chi connectivity index (χ0n) is 27.1. The molecule has 0 aromatic rings. The number of rotatable bonds is 17. The van der Waals surface area contributed by atoms with E-state index in [9.17, 15) is 180 Å². The fraction of sp³-hybridized carbons (Fsp3) is 1.00. The van der Waals surface area contributed by atoms with Crippen LogP contribution in [0.4, 0.5) is 184 Å². The summed E-state index contributed by atoms with van der Waals surface area (Å²) in [7, 11) is -13.0. The van der Waals surface area contributed by atoms with Crippen molar-refractivity contribution in [2.45, 2.75) is 114 Å². The quantitative estimate of drug-likeness (QED) is 0.107. The third-order valence-electron chi connectivity index (χ3n) is 6.87. The zero-order chi connectivity index (χ0) is 54.1. The highest BCUT2D eigenvalue weighted by Gasteiger charge is 3.01. The molecular formula is C19F42O3Si. The average Bonchev–Trinajstić information content (AvgIpc) is 3.00. The van der Waals surface area contributed by atoms with Crippen molar-refractivity contribution in [3.8, 4) is 0 Å². The maximum Gasteiger partial charge on any atom is 0.597 e. The van der Waals surface area contributed by atoms with E-state index in [1.54, 1.807) is 0 Å². The van der Waals surface area contributed by atoms with Crippen LogP contribution in [0, 0.1) is 0 Å². The molecule has 0 aromatic carbocycles. The van der Waals surface area contributed by atoms with Gasteiger partial charge in [0.25, 0.3) is 0 Å². The van der Waals surface area contributed by atoms with Crippen LogP contribution in [0.3, 0.4) is 0 Å². The van der Waals surface area contributed by atoms with Gasteiger partial charge in [-0.15, -0.1) is 0 Å². The molecule has 1 unspecified atom stereocenters. The molecule has 0 N–H and O–H groups in total. The van der Waals surface area contributed by atoms with Crippen LogP contribution in [0.25, 0.3) is 0 Å². The fourth-order valence-corrected chi connectivity index (χ4v) is 5.70. The number of hydrogen-bond acceptors (Lipinski definition) is 3. The summed E-state index contributed by atoms with van der Waals surface area (Å²) in [6.45, 7) is 0. The van der Waals surface area contributed by atoms with Crippen molar-refractivity contribution in [3.63, 3.8) is 0 Å². The molecular weight excluding hydrogens is 1100 g/mol. The van der Waals surface area contributed by atoms with E-state index in [0.29, 0.717) is 13.3 Å². The van der Waals surface area contributed by atoms with Gasteiger partial charge in [0.2, 0.25) is 0 Å². The average molecular weight is 1100 g/mol. The molecule has 65 heavy (non-hydrogen) atoms. The van der Waals surface area contributed by atoms with E-state index in [2.05, 4.69) is 0 Å². The van der Waals surface area contributed by atoms with Crippen LogP contribution >= 0.6 is 0 Å². The van der Waals surface area contributed by atoms with Gasteiger partial charge in [-0.05, 0) is 0 Å². The van der Waals surface area contributed by atoms with Gasteiger partial charge in [0.1, 0.15) is 0 Å². The lowest BCUT2D eigenvalue weighted by Gasteiger charge is -2.49. The maximum atomic E-state index is 15.5. The van der Waals surface area contributed by atoms with E-state index in [-0.39, 0.29) is 0 Å². The summed E-state index contributed by atoms with van der Waals surface area (Å²) in [4.78, 5) is 0. The highest BCUT2D eigenvalue weighted by Crippen LogP contribution is 2.69. The van der Waals surface area contributed by atoms with Gasteiger partial charge >= 0.3 is 123 Å². The number of halogens is 42. The number of alkyl halides is 42. The smallest absolute Gasteiger partial charge is 0.326 e. The second kappa shape index (κ2) is 15.3. The first-order valence-electron chi connectivity index (χ1n) is 13.2. The fourth-order valence-electron chi connectivity index (χ4n) is 3.28. The minimum atomic E-state index is -13.0. The molecule has 0 saturated heterocycles. The predicted molar refractivity (Wildman–Crippen MR) is 107 cm³/mol. The summed E-state index contributed by atoms with van der Waals surface area (Å²) in [5.74, 6) is -113. The second-order valence-corrected chi connectivity index (χ2v) is 13.7. The first kappa shape index (κ1) is 62.2. The zero-order valence-corrected chi connectivity index (χ0v) is 28.1. The van der Waals surface area contributed by atoms with Crippen molar-refractivity contribution >= 4 is 8.80 Å². The van der Waals surface area contributed by atoms with Gasteiger partial charge in [0.05, 0.1) is 0 Å². The third kappa shape index (κ3) is 8.45. The number of hydrogen-bond donors (Lipinski definition) is 0. The standard InChI is InChI=1S/C19F42O3Si/c20-1(21,3(24,25)5(28,29)7(32,33)12(41,42)43)2(22,23)4(26,27)6(30,31)11(40,8(34,35)13(44,45)46)62-65(19(60,61)16(53,54)55,63-17(56,57)9(36,37)14(47,48)49)64-18(58,59)10(38,39)15(50,51)52. The molecule has 0 aliphatic heterocycles. The molecule has 0 spiro atoms. The first-order chi connectivity index (χ1) is 27.1. The Kier molecular flexibility index (Phi) is 14.7. The summed E-state index contributed by atoms with van der Waals surface area (Å²) in [6, 6.07) is 0. The van der Waals surface area contributed by atoms with E-state index in [4.69, 9.17) is 0 Å². The first-order valence-corrected chi connectivity index (χ1v) is 14.9. The van der Waals surface area contributed by atoms with Crippen molar-refractivity contribution in [1.82, 2.24) is 0 Å². The largest absolute Gasteiger partial charge is 0.597 e. The topological polar surface area (TPSA) is 27.7 Å². The minimum Gasteiger partial charge on any atom is -0.326 e. The molecule has 3 nitrogen and oxygen atoms in total. The highest BCUT2D eigenvalue weighted by atomic mass is 28.4. The Morgan fingerprint density at radius 1 is 0.185 bits per heavy atom. The van der Waals surface area contributed by atoms with Crippen LogP contribution < -0.4 is 0 Å². The van der Waals surface area contributed by atoms with Crippen molar-refractivity contribution in [1.29, 1.82) is 0 Å². The third-order valence-corrected chi connectivity index (χ3v) is 9.52. The van der Waals surface area contributed by atoms with Gasteiger partial charge in [0.15, 0.2) is 0 Å². The molecule has 0 amide bonds. The van der Waals surface area contributed by atoms with Crippen LogP contribution in [0.15, 0.2) is 0 Å². The van der Waals surface area contributed by atoms with Gasteiger partial charge in [-0.25, -0.2) is 0 Å². The van der Waals surface area contributed by atoms with Gasteiger partial charge in [0, 0.05) is 0 Å². The Morgan fingerprint density at radius 2 is 0.385 bits per heavy atom. The molecule has 0 radical (unpaired) electrons. The molecule has 0 aromatic heterocycles. The van der Waals surface area contributed by atoms with Crippen LogP contribution in [-0.2, 0) is 13.3 Å². The Bertz CT molecular complexity index is 1650. The summed E-state index contributed by atoms with van der Waals surface area (Å²) >= 11 is 0. The van der Waals surface area contributed by atoms with E-state index in [1.807, 2.05) is 0 Å². The molecule has 0 aliphatic carbocycles. The molecule has 0 saturated carbocycles. The Morgan fingerprint density at radius 3 is 0.585 bits per heavy atom. The van der Waals surface area contributed by atoms with E-state index < -0.39 is 123 Å². The molecule has 0 bridgehead atoms. The van der Waals surface area contributed by atoms with Crippen LogP contribution in [0.2, 0.25) is 0 Å². The SMILES string of the molecule is FC(F)(F)C(F)(F)C(F)(F)O[Si](OC(F)(F)C(F)(F)C(F)(F)F)(OC(F)(C(F)(F)C(F)(F)F)C(F)(F)C(F)(F)C(F)(F)C(F)(F)C(F)(F)C(F)(F)C(F)(F)C(F)(F)F)C(F)(F)C(F)(F)F. The van der Waals surface area contributed by atoms with Crippen molar-refractivity contribution in [2.24, 2.45) is 0 Å². The molecule has 1 atom stereocenters. The van der Waals surface area contributed by atoms with Crippen LogP contribution in [0.5, 0.6) is 0 Å². The van der Waals surface area contributed by atoms with Crippen LogP contribution in [0.1, 0.15) is 0 Å². The maximum absolute atomic E-state index is 15.5. The van der Waals surface area contributed by atoms with Crippen LogP contribution in [-0.4, -0.2) is 123 Å². The van der Waals surface area contributed by atoms with Gasteiger partial charge in [-0.3, -0.25) is 0 Å². The molecule has 0 aliphatic rings. The Labute approximate surface area is 321 Å². The molecule has 0 fully saturated rings. The highest BCUT2D eigenvalue weighted by molar-refractivity contribution is 6.64. The normalized spacial score (nSPS) is 18.0. The molecule has 392 valence electrons. The van der Waals surface area contributed by atoms with Gasteiger partial charge in [-0.2, -0.15) is 184 Å². The molecule has 0 heterocycles. The van der Waals surface area contributed by atoms with Crippen molar-refractivity contribution in [3.05, 3.63) is 0 Å². The molecule has 0 rings (SSSR count). The monoisotopic (exact) mass is 1100 g/mol.